The maximum absolute atomic E-state index is 13.8. The molecule has 1 amide bonds. The molecule has 1 aliphatic carbocycles. The second-order valence-corrected chi connectivity index (χ2v) is 6.40. The number of halogens is 3. The van der Waals surface area contributed by atoms with Crippen LogP contribution in [-0.4, -0.2) is 33.9 Å². The Bertz CT molecular complexity index is 847. The number of hydrogen-bond acceptors (Lipinski definition) is 6. The molecule has 27 heavy (non-hydrogen) atoms. The van der Waals surface area contributed by atoms with Gasteiger partial charge in [-0.15, -0.1) is 0 Å². The molecule has 144 valence electrons. The van der Waals surface area contributed by atoms with E-state index in [9.17, 15) is 18.0 Å². The summed E-state index contributed by atoms with van der Waals surface area (Å²) in [5.74, 6) is -4.00. The Morgan fingerprint density at radius 3 is 2.78 bits per heavy atom. The molecular formula is C17H19F3N6O. The largest absolute Gasteiger partial charge is 0.365 e. The van der Waals surface area contributed by atoms with Crippen LogP contribution in [0.2, 0.25) is 0 Å². The molecule has 1 fully saturated rings. The number of rotatable bonds is 5. The second kappa shape index (κ2) is 7.39. The van der Waals surface area contributed by atoms with E-state index < -0.39 is 29.7 Å². The van der Waals surface area contributed by atoms with E-state index in [0.717, 1.165) is 12.3 Å². The fourth-order valence-electron chi connectivity index (χ4n) is 3.00. The van der Waals surface area contributed by atoms with Gasteiger partial charge in [0.2, 0.25) is 0 Å². The molecule has 3 rings (SSSR count). The molecule has 0 radical (unpaired) electrons. The van der Waals surface area contributed by atoms with Crippen LogP contribution < -0.4 is 22.1 Å². The molecule has 2 aromatic rings. The van der Waals surface area contributed by atoms with E-state index in [1.54, 1.807) is 0 Å². The average molecular weight is 380 g/mol. The minimum Gasteiger partial charge on any atom is -0.365 e. The third-order valence-electron chi connectivity index (χ3n) is 4.41. The molecule has 0 aliphatic heterocycles. The van der Waals surface area contributed by atoms with Crippen LogP contribution in [0.4, 0.5) is 30.5 Å². The van der Waals surface area contributed by atoms with Crippen molar-refractivity contribution in [3.8, 4) is 0 Å². The first kappa shape index (κ1) is 18.9. The van der Waals surface area contributed by atoms with Crippen molar-refractivity contribution in [2.24, 2.45) is 11.5 Å². The van der Waals surface area contributed by atoms with Crippen molar-refractivity contribution in [3.63, 3.8) is 0 Å². The molecule has 2 aromatic heterocycles. The van der Waals surface area contributed by atoms with Crippen LogP contribution in [0, 0.1) is 5.82 Å². The first-order valence-electron chi connectivity index (χ1n) is 8.34. The number of alkyl halides is 2. The highest BCUT2D eigenvalue weighted by Gasteiger charge is 2.44. The molecule has 7 nitrogen and oxygen atoms in total. The smallest absolute Gasteiger partial charge is 0.264 e. The molecule has 0 aromatic carbocycles. The molecule has 2 atom stereocenters. The number of aromatic nitrogens is 2. The molecule has 0 bridgehead atoms. The van der Waals surface area contributed by atoms with E-state index >= 15 is 0 Å². The van der Waals surface area contributed by atoms with Gasteiger partial charge in [0.1, 0.15) is 17.5 Å². The van der Waals surface area contributed by atoms with Crippen molar-refractivity contribution in [2.75, 3.05) is 10.6 Å². The topological polar surface area (TPSA) is 119 Å². The first-order chi connectivity index (χ1) is 12.8. The number of carbonyl (C=O) groups is 1. The minimum absolute atomic E-state index is 0.0519. The number of primary amides is 1. The quantitative estimate of drug-likeness (QED) is 0.632. The molecule has 0 saturated heterocycles. The lowest BCUT2D eigenvalue weighted by molar-refractivity contribution is -0.0554. The molecule has 1 saturated carbocycles. The number of pyridine rings is 2. The van der Waals surface area contributed by atoms with E-state index in [4.69, 9.17) is 11.5 Å². The Balaban J connectivity index is 1.86. The number of nitrogens with two attached hydrogens (primary N) is 2. The summed E-state index contributed by atoms with van der Waals surface area (Å²) in [4.78, 5) is 19.6. The van der Waals surface area contributed by atoms with Crippen molar-refractivity contribution in [1.29, 1.82) is 0 Å². The van der Waals surface area contributed by atoms with Gasteiger partial charge in [-0.2, -0.15) is 0 Å². The van der Waals surface area contributed by atoms with Crippen LogP contribution in [0.1, 0.15) is 29.6 Å². The summed E-state index contributed by atoms with van der Waals surface area (Å²) in [6.45, 7) is 0. The van der Waals surface area contributed by atoms with Gasteiger partial charge in [-0.25, -0.2) is 18.2 Å². The molecule has 0 spiro atoms. The Morgan fingerprint density at radius 2 is 2.07 bits per heavy atom. The Morgan fingerprint density at radius 1 is 1.30 bits per heavy atom. The van der Waals surface area contributed by atoms with Gasteiger partial charge in [-0.1, -0.05) is 0 Å². The summed E-state index contributed by atoms with van der Waals surface area (Å²) in [5, 5.41) is 5.66. The maximum atomic E-state index is 13.8. The van der Waals surface area contributed by atoms with Crippen LogP contribution in [0.5, 0.6) is 0 Å². The standard InChI is InChI=1S/C17H19F3N6O/c18-9-6-10(8-23-7-9)24-16-11(15(22)27)3-4-13(26-16)25-12-2-1-5-17(19,20)14(12)21/h3-4,6-8,12,14H,1-2,5,21H2,(H2,22,27)(H2,24,25,26)/t12-,14-/m1/s1. The van der Waals surface area contributed by atoms with Crippen LogP contribution >= 0.6 is 0 Å². The highest BCUT2D eigenvalue weighted by molar-refractivity contribution is 5.98. The minimum atomic E-state index is -2.96. The third kappa shape index (κ3) is 4.27. The van der Waals surface area contributed by atoms with Gasteiger partial charge in [-0.3, -0.25) is 9.78 Å². The van der Waals surface area contributed by atoms with E-state index in [1.807, 2.05) is 0 Å². The van der Waals surface area contributed by atoms with Crippen molar-refractivity contribution >= 4 is 23.2 Å². The molecule has 0 unspecified atom stereocenters. The summed E-state index contributed by atoms with van der Waals surface area (Å²) in [5.41, 5.74) is 11.3. The lowest BCUT2D eigenvalue weighted by Gasteiger charge is -2.36. The zero-order valence-electron chi connectivity index (χ0n) is 14.3. The van der Waals surface area contributed by atoms with Gasteiger partial charge in [0.05, 0.1) is 29.7 Å². The van der Waals surface area contributed by atoms with E-state index in [2.05, 4.69) is 20.6 Å². The van der Waals surface area contributed by atoms with E-state index in [1.165, 1.54) is 18.3 Å². The summed E-state index contributed by atoms with van der Waals surface area (Å²) < 4.78 is 41.0. The van der Waals surface area contributed by atoms with Gasteiger partial charge in [0, 0.05) is 18.5 Å². The molecule has 1 aliphatic rings. The molecule has 2 heterocycles. The average Bonchev–Trinajstić information content (AvgIpc) is 2.59. The number of carbonyl (C=O) groups excluding carboxylic acids is 1. The van der Waals surface area contributed by atoms with Gasteiger partial charge in [0.15, 0.2) is 0 Å². The van der Waals surface area contributed by atoms with Crippen LogP contribution in [-0.2, 0) is 0 Å². The van der Waals surface area contributed by atoms with Crippen molar-refractivity contribution in [3.05, 3.63) is 42.0 Å². The van der Waals surface area contributed by atoms with Crippen molar-refractivity contribution in [2.45, 2.75) is 37.3 Å². The molecule has 6 N–H and O–H groups in total. The zero-order chi connectivity index (χ0) is 19.6. The lowest BCUT2D eigenvalue weighted by Crippen LogP contribution is -2.55. The predicted octanol–water partition coefficient (Wildman–Crippen LogP) is 2.39. The summed E-state index contributed by atoms with van der Waals surface area (Å²) in [7, 11) is 0. The molecule has 10 heteroatoms. The monoisotopic (exact) mass is 380 g/mol. The third-order valence-corrected chi connectivity index (χ3v) is 4.41. The van der Waals surface area contributed by atoms with Crippen molar-refractivity contribution in [1.82, 2.24) is 9.97 Å². The lowest BCUT2D eigenvalue weighted by atomic mass is 9.87. The fourth-order valence-corrected chi connectivity index (χ4v) is 3.00. The highest BCUT2D eigenvalue weighted by Crippen LogP contribution is 2.34. The van der Waals surface area contributed by atoms with Crippen LogP contribution in [0.3, 0.4) is 0 Å². The fraction of sp³-hybridized carbons (Fsp3) is 0.353. The number of nitrogens with zero attached hydrogens (tertiary/aromatic N) is 2. The highest BCUT2D eigenvalue weighted by atomic mass is 19.3. The summed E-state index contributed by atoms with van der Waals surface area (Å²) >= 11 is 0. The Kier molecular flexibility index (Phi) is 5.17. The first-order valence-corrected chi connectivity index (χ1v) is 8.34. The van der Waals surface area contributed by atoms with Gasteiger partial charge in [0.25, 0.3) is 11.8 Å². The Labute approximate surface area is 153 Å². The van der Waals surface area contributed by atoms with Crippen molar-refractivity contribution < 1.29 is 18.0 Å². The number of anilines is 3. The number of hydrogen-bond donors (Lipinski definition) is 4. The summed E-state index contributed by atoms with van der Waals surface area (Å²) in [6, 6.07) is 1.99. The Hall–Kier alpha value is -2.88. The van der Waals surface area contributed by atoms with Gasteiger partial charge >= 0.3 is 0 Å². The van der Waals surface area contributed by atoms with E-state index in [-0.39, 0.29) is 29.3 Å². The number of nitrogens with one attached hydrogen (secondary N) is 2. The van der Waals surface area contributed by atoms with Crippen LogP contribution in [0.25, 0.3) is 0 Å². The molecular weight excluding hydrogens is 361 g/mol. The zero-order valence-corrected chi connectivity index (χ0v) is 14.3. The van der Waals surface area contributed by atoms with Gasteiger partial charge in [-0.05, 0) is 25.0 Å². The van der Waals surface area contributed by atoms with Crippen LogP contribution in [0.15, 0.2) is 30.6 Å². The summed E-state index contributed by atoms with van der Waals surface area (Å²) in [6.07, 6.45) is 2.91. The van der Waals surface area contributed by atoms with E-state index in [0.29, 0.717) is 12.8 Å². The number of amides is 1. The van der Waals surface area contributed by atoms with Gasteiger partial charge < -0.3 is 22.1 Å². The normalized spacial score (nSPS) is 21.5. The maximum Gasteiger partial charge on any atom is 0.264 e. The SMILES string of the molecule is NC(=O)c1ccc(N[C@@H]2CCCC(F)(F)[C@@H]2N)nc1Nc1cncc(F)c1. The second-order valence-electron chi connectivity index (χ2n) is 6.40. The predicted molar refractivity (Wildman–Crippen MR) is 94.4 cm³/mol.